The lowest BCUT2D eigenvalue weighted by molar-refractivity contribution is -0.149. The number of carbonyl (C=O) groups is 2. The average molecular weight is 217 g/mol. The van der Waals surface area contributed by atoms with Crippen LogP contribution in [0.3, 0.4) is 0 Å². The SMILES string of the molecule is C[C@H]1C[C@@H](O)C[C@@H](C(=O)NCC(=O)O)O1. The molecule has 1 fully saturated rings. The highest BCUT2D eigenvalue weighted by molar-refractivity contribution is 5.84. The Morgan fingerprint density at radius 2 is 2.13 bits per heavy atom. The van der Waals surface area contributed by atoms with E-state index < -0.39 is 30.6 Å². The van der Waals surface area contributed by atoms with Gasteiger partial charge in [-0.1, -0.05) is 0 Å². The lowest BCUT2D eigenvalue weighted by atomic mass is 10.0. The van der Waals surface area contributed by atoms with Gasteiger partial charge in [0.25, 0.3) is 0 Å². The molecule has 1 heterocycles. The third-order valence-corrected chi connectivity index (χ3v) is 2.19. The first-order valence-corrected chi connectivity index (χ1v) is 4.82. The summed E-state index contributed by atoms with van der Waals surface area (Å²) >= 11 is 0. The molecule has 1 amide bonds. The van der Waals surface area contributed by atoms with Crippen LogP contribution >= 0.6 is 0 Å². The van der Waals surface area contributed by atoms with Crippen molar-refractivity contribution in [3.63, 3.8) is 0 Å². The van der Waals surface area contributed by atoms with Gasteiger partial charge in [-0.3, -0.25) is 9.59 Å². The molecular formula is C9H15NO5. The molecule has 0 aromatic heterocycles. The van der Waals surface area contributed by atoms with Crippen LogP contribution in [-0.4, -0.2) is 46.9 Å². The zero-order chi connectivity index (χ0) is 11.4. The summed E-state index contributed by atoms with van der Waals surface area (Å²) in [7, 11) is 0. The summed E-state index contributed by atoms with van der Waals surface area (Å²) in [4.78, 5) is 21.6. The van der Waals surface area contributed by atoms with Crippen LogP contribution in [0, 0.1) is 0 Å². The highest BCUT2D eigenvalue weighted by Gasteiger charge is 2.30. The highest BCUT2D eigenvalue weighted by Crippen LogP contribution is 2.19. The maximum Gasteiger partial charge on any atom is 0.322 e. The number of hydrogen-bond acceptors (Lipinski definition) is 4. The van der Waals surface area contributed by atoms with Crippen LogP contribution in [0.2, 0.25) is 0 Å². The largest absolute Gasteiger partial charge is 0.480 e. The molecule has 86 valence electrons. The fourth-order valence-corrected chi connectivity index (χ4v) is 1.56. The predicted octanol–water partition coefficient (Wildman–Crippen LogP) is -0.884. The van der Waals surface area contributed by atoms with E-state index in [9.17, 15) is 14.7 Å². The summed E-state index contributed by atoms with van der Waals surface area (Å²) in [5.74, 6) is -1.59. The molecule has 0 unspecified atom stereocenters. The minimum atomic E-state index is -1.10. The minimum Gasteiger partial charge on any atom is -0.480 e. The van der Waals surface area contributed by atoms with Crippen molar-refractivity contribution in [1.82, 2.24) is 5.32 Å². The summed E-state index contributed by atoms with van der Waals surface area (Å²) in [5.41, 5.74) is 0. The van der Waals surface area contributed by atoms with Gasteiger partial charge in [-0.2, -0.15) is 0 Å². The smallest absolute Gasteiger partial charge is 0.322 e. The van der Waals surface area contributed by atoms with Crippen LogP contribution in [0.5, 0.6) is 0 Å². The number of amides is 1. The van der Waals surface area contributed by atoms with Gasteiger partial charge in [0, 0.05) is 6.42 Å². The number of rotatable bonds is 3. The molecule has 1 aliphatic rings. The molecule has 6 nitrogen and oxygen atoms in total. The number of carbonyl (C=O) groups excluding carboxylic acids is 1. The van der Waals surface area contributed by atoms with E-state index in [1.807, 2.05) is 0 Å². The van der Waals surface area contributed by atoms with E-state index in [-0.39, 0.29) is 12.5 Å². The first kappa shape index (κ1) is 11.9. The van der Waals surface area contributed by atoms with Crippen LogP contribution < -0.4 is 5.32 Å². The zero-order valence-electron chi connectivity index (χ0n) is 8.47. The van der Waals surface area contributed by atoms with E-state index in [1.54, 1.807) is 6.92 Å². The fourth-order valence-electron chi connectivity index (χ4n) is 1.56. The zero-order valence-corrected chi connectivity index (χ0v) is 8.47. The van der Waals surface area contributed by atoms with E-state index in [0.717, 1.165) is 0 Å². The summed E-state index contributed by atoms with van der Waals surface area (Å²) in [5, 5.41) is 20.0. The Balaban J connectivity index is 2.41. The van der Waals surface area contributed by atoms with Crippen molar-refractivity contribution < 1.29 is 24.5 Å². The van der Waals surface area contributed by atoms with Crippen molar-refractivity contribution in [3.05, 3.63) is 0 Å². The molecule has 0 aromatic carbocycles. The number of aliphatic carboxylic acids is 1. The van der Waals surface area contributed by atoms with Crippen LogP contribution in [-0.2, 0) is 14.3 Å². The van der Waals surface area contributed by atoms with E-state index >= 15 is 0 Å². The topological polar surface area (TPSA) is 95.9 Å². The van der Waals surface area contributed by atoms with Crippen molar-refractivity contribution in [2.24, 2.45) is 0 Å². The number of hydrogen-bond donors (Lipinski definition) is 3. The normalized spacial score (nSPS) is 30.9. The van der Waals surface area contributed by atoms with Gasteiger partial charge in [0.15, 0.2) is 0 Å². The van der Waals surface area contributed by atoms with Gasteiger partial charge in [0.2, 0.25) is 5.91 Å². The Morgan fingerprint density at radius 1 is 1.47 bits per heavy atom. The van der Waals surface area contributed by atoms with E-state index in [1.165, 1.54) is 0 Å². The average Bonchev–Trinajstić information content (AvgIpc) is 2.12. The second-order valence-electron chi connectivity index (χ2n) is 3.67. The number of ether oxygens (including phenoxy) is 1. The van der Waals surface area contributed by atoms with Gasteiger partial charge < -0.3 is 20.3 Å². The molecule has 15 heavy (non-hydrogen) atoms. The third kappa shape index (κ3) is 3.85. The quantitative estimate of drug-likeness (QED) is 0.570. The first-order valence-electron chi connectivity index (χ1n) is 4.82. The van der Waals surface area contributed by atoms with Crippen molar-refractivity contribution in [2.75, 3.05) is 6.54 Å². The van der Waals surface area contributed by atoms with E-state index in [4.69, 9.17) is 9.84 Å². The lowest BCUT2D eigenvalue weighted by Gasteiger charge is -2.30. The van der Waals surface area contributed by atoms with Crippen molar-refractivity contribution in [1.29, 1.82) is 0 Å². The number of aliphatic hydroxyl groups is 1. The number of carboxylic acids is 1. The summed E-state index contributed by atoms with van der Waals surface area (Å²) in [6.07, 6.45) is -0.773. The number of carboxylic acid groups (broad SMARTS) is 1. The van der Waals surface area contributed by atoms with Gasteiger partial charge in [0.1, 0.15) is 12.6 Å². The van der Waals surface area contributed by atoms with Crippen LogP contribution in [0.15, 0.2) is 0 Å². The van der Waals surface area contributed by atoms with Crippen molar-refractivity contribution >= 4 is 11.9 Å². The Labute approximate surface area is 87.2 Å². The van der Waals surface area contributed by atoms with Crippen LogP contribution in [0.25, 0.3) is 0 Å². The molecule has 3 atom stereocenters. The molecule has 0 radical (unpaired) electrons. The second kappa shape index (κ2) is 5.09. The molecule has 0 aliphatic carbocycles. The third-order valence-electron chi connectivity index (χ3n) is 2.19. The molecule has 0 bridgehead atoms. The van der Waals surface area contributed by atoms with Gasteiger partial charge in [-0.15, -0.1) is 0 Å². The lowest BCUT2D eigenvalue weighted by Crippen LogP contribution is -2.45. The van der Waals surface area contributed by atoms with Gasteiger partial charge in [-0.05, 0) is 13.3 Å². The van der Waals surface area contributed by atoms with Gasteiger partial charge >= 0.3 is 5.97 Å². The molecule has 0 spiro atoms. The highest BCUT2D eigenvalue weighted by atomic mass is 16.5. The molecule has 3 N–H and O–H groups in total. The Bertz CT molecular complexity index is 245. The maximum atomic E-state index is 11.4. The van der Waals surface area contributed by atoms with Crippen molar-refractivity contribution in [3.8, 4) is 0 Å². The Morgan fingerprint density at radius 3 is 2.67 bits per heavy atom. The van der Waals surface area contributed by atoms with Gasteiger partial charge in [0.05, 0.1) is 12.2 Å². The number of nitrogens with one attached hydrogen (secondary N) is 1. The summed E-state index contributed by atoms with van der Waals surface area (Å²) in [6, 6.07) is 0. The first-order chi connectivity index (χ1) is 6.99. The van der Waals surface area contributed by atoms with Gasteiger partial charge in [-0.25, -0.2) is 0 Å². The van der Waals surface area contributed by atoms with Crippen LogP contribution in [0.4, 0.5) is 0 Å². The van der Waals surface area contributed by atoms with Crippen LogP contribution in [0.1, 0.15) is 19.8 Å². The molecule has 0 aromatic rings. The predicted molar refractivity (Wildman–Crippen MR) is 50.2 cm³/mol. The molecule has 0 saturated carbocycles. The Hall–Kier alpha value is -1.14. The van der Waals surface area contributed by atoms with E-state index in [0.29, 0.717) is 6.42 Å². The maximum absolute atomic E-state index is 11.4. The second-order valence-corrected chi connectivity index (χ2v) is 3.67. The molecule has 1 rings (SSSR count). The summed E-state index contributed by atoms with van der Waals surface area (Å²) < 4.78 is 5.29. The van der Waals surface area contributed by atoms with Crippen molar-refractivity contribution in [2.45, 2.75) is 38.1 Å². The van der Waals surface area contributed by atoms with E-state index in [2.05, 4.69) is 5.32 Å². The molecular weight excluding hydrogens is 202 g/mol. The molecule has 6 heteroatoms. The Kier molecular flexibility index (Phi) is 4.05. The fraction of sp³-hybridized carbons (Fsp3) is 0.778. The molecule has 1 saturated heterocycles. The standard InChI is InChI=1S/C9H15NO5/c1-5-2-6(11)3-7(15-5)9(14)10-4-8(12)13/h5-7,11H,2-4H2,1H3,(H,10,14)(H,12,13)/t5-,6+,7-/m0/s1. The monoisotopic (exact) mass is 217 g/mol. The summed E-state index contributed by atoms with van der Waals surface area (Å²) in [6.45, 7) is 1.34. The number of aliphatic hydroxyl groups excluding tert-OH is 1. The molecule has 1 aliphatic heterocycles. The minimum absolute atomic E-state index is 0.186.